The number of carbonyl (C=O) groups excluding carboxylic acids is 1. The fourth-order valence-electron chi connectivity index (χ4n) is 5.42. The van der Waals surface area contributed by atoms with Gasteiger partial charge in [0.15, 0.2) is 5.78 Å². The standard InChI is InChI=1S/C26H32O3.H2OP/c1-18-15-19(2)22(20(3)16-18)23(27)26(13-9-6-10-14-26)25(4,24(28)29)17-21-11-7-5-8-12-21;1-2/h5,7-8,11-12,15-16H,6,9-10,13-14,17H2,1-4H3,(H,28,29);2H2/q;+1. The second-order valence-corrected chi connectivity index (χ2v) is 9.05. The van der Waals surface area contributed by atoms with Crippen molar-refractivity contribution in [3.8, 4) is 0 Å². The van der Waals surface area contributed by atoms with E-state index in [1.807, 2.05) is 63.2 Å². The predicted octanol–water partition coefficient (Wildman–Crippen LogP) is 6.29. The second kappa shape index (κ2) is 10.3. The molecule has 0 amide bonds. The van der Waals surface area contributed by atoms with E-state index < -0.39 is 16.8 Å². The summed E-state index contributed by atoms with van der Waals surface area (Å²) < 4.78 is 8.17. The smallest absolute Gasteiger partial charge is 0.310 e. The summed E-state index contributed by atoms with van der Waals surface area (Å²) in [6.07, 6.45) is 4.48. The van der Waals surface area contributed by atoms with Crippen LogP contribution in [-0.4, -0.2) is 16.9 Å². The van der Waals surface area contributed by atoms with Gasteiger partial charge in [0.05, 0.1) is 5.41 Å². The summed E-state index contributed by atoms with van der Waals surface area (Å²) in [6, 6.07) is 13.8. The fourth-order valence-corrected chi connectivity index (χ4v) is 5.42. The molecule has 166 valence electrons. The van der Waals surface area contributed by atoms with E-state index >= 15 is 0 Å². The van der Waals surface area contributed by atoms with E-state index in [-0.39, 0.29) is 5.78 Å². The van der Waals surface area contributed by atoms with Crippen LogP contribution < -0.4 is 0 Å². The molecule has 31 heavy (non-hydrogen) atoms. The molecule has 2 unspecified atom stereocenters. The molecule has 0 heterocycles. The fraction of sp³-hybridized carbons (Fsp3) is 0.462. The van der Waals surface area contributed by atoms with E-state index in [4.69, 9.17) is 4.57 Å². The summed E-state index contributed by atoms with van der Waals surface area (Å²) in [5.74, 6) is -0.855. The zero-order valence-electron chi connectivity index (χ0n) is 19.0. The van der Waals surface area contributed by atoms with Crippen molar-refractivity contribution in [3.63, 3.8) is 0 Å². The Bertz CT molecular complexity index is 909. The minimum Gasteiger partial charge on any atom is -0.481 e. The number of hydrogen-bond donors (Lipinski definition) is 1. The Labute approximate surface area is 187 Å². The van der Waals surface area contributed by atoms with Gasteiger partial charge in [0.25, 0.3) is 0 Å². The zero-order valence-corrected chi connectivity index (χ0v) is 20.2. The Morgan fingerprint density at radius 3 is 1.97 bits per heavy atom. The molecule has 1 aliphatic rings. The van der Waals surface area contributed by atoms with Gasteiger partial charge >= 0.3 is 15.1 Å². The summed E-state index contributed by atoms with van der Waals surface area (Å²) in [4.78, 5) is 26.9. The summed E-state index contributed by atoms with van der Waals surface area (Å²) >= 11 is 0. The Balaban J connectivity index is 0.00000166. The average Bonchev–Trinajstić information content (AvgIpc) is 2.75. The summed E-state index contributed by atoms with van der Waals surface area (Å²) in [6.45, 7) is 7.77. The van der Waals surface area contributed by atoms with E-state index in [1.165, 1.54) is 9.12 Å². The highest BCUT2D eigenvalue weighted by atomic mass is 31.0. The predicted molar refractivity (Wildman–Crippen MR) is 127 cm³/mol. The van der Waals surface area contributed by atoms with Crippen LogP contribution >= 0.6 is 9.12 Å². The van der Waals surface area contributed by atoms with Crippen molar-refractivity contribution in [3.05, 3.63) is 70.3 Å². The molecule has 2 aromatic carbocycles. The van der Waals surface area contributed by atoms with E-state index in [0.717, 1.165) is 47.1 Å². The topological polar surface area (TPSA) is 71.4 Å². The highest BCUT2D eigenvalue weighted by Crippen LogP contribution is 2.54. The van der Waals surface area contributed by atoms with E-state index in [9.17, 15) is 14.7 Å². The first-order chi connectivity index (χ1) is 14.7. The number of benzene rings is 2. The Morgan fingerprint density at radius 1 is 0.968 bits per heavy atom. The first-order valence-electron chi connectivity index (χ1n) is 10.8. The Kier molecular flexibility index (Phi) is 8.31. The van der Waals surface area contributed by atoms with Crippen molar-refractivity contribution in [2.75, 3.05) is 0 Å². The van der Waals surface area contributed by atoms with Gasteiger partial charge in [0.2, 0.25) is 0 Å². The number of carbonyl (C=O) groups is 2. The van der Waals surface area contributed by atoms with Gasteiger partial charge in [-0.2, -0.15) is 0 Å². The third-order valence-corrected chi connectivity index (χ3v) is 6.97. The molecule has 2 atom stereocenters. The van der Waals surface area contributed by atoms with E-state index in [0.29, 0.717) is 19.3 Å². The van der Waals surface area contributed by atoms with Crippen LogP contribution in [0.15, 0.2) is 42.5 Å². The number of aryl methyl sites for hydroxylation is 3. The first kappa shape index (κ1) is 24.9. The quantitative estimate of drug-likeness (QED) is 0.423. The number of rotatable bonds is 6. The van der Waals surface area contributed by atoms with Crippen molar-refractivity contribution >= 4 is 20.9 Å². The molecule has 0 radical (unpaired) electrons. The molecule has 0 aliphatic heterocycles. The van der Waals surface area contributed by atoms with Gasteiger partial charge in [0.1, 0.15) is 0 Å². The Morgan fingerprint density at radius 2 is 1.48 bits per heavy atom. The maximum absolute atomic E-state index is 14.2. The second-order valence-electron chi connectivity index (χ2n) is 9.05. The largest absolute Gasteiger partial charge is 0.481 e. The molecule has 3 rings (SSSR count). The van der Waals surface area contributed by atoms with Crippen LogP contribution in [0.4, 0.5) is 0 Å². The first-order valence-corrected chi connectivity index (χ1v) is 11.3. The van der Waals surface area contributed by atoms with Crippen LogP contribution in [0.5, 0.6) is 0 Å². The highest BCUT2D eigenvalue weighted by Gasteiger charge is 2.58. The molecule has 0 saturated heterocycles. The summed E-state index contributed by atoms with van der Waals surface area (Å²) in [5, 5.41) is 10.4. The van der Waals surface area contributed by atoms with Crippen LogP contribution in [0.1, 0.15) is 71.6 Å². The van der Waals surface area contributed by atoms with Crippen molar-refractivity contribution in [1.29, 1.82) is 0 Å². The van der Waals surface area contributed by atoms with Gasteiger partial charge in [-0.15, -0.1) is 0 Å². The van der Waals surface area contributed by atoms with Crippen LogP contribution in [0.25, 0.3) is 0 Å². The minimum atomic E-state index is -1.16. The number of carboxylic acid groups (broad SMARTS) is 1. The van der Waals surface area contributed by atoms with Gasteiger partial charge in [-0.25, -0.2) is 0 Å². The van der Waals surface area contributed by atoms with Crippen molar-refractivity contribution in [2.24, 2.45) is 10.8 Å². The van der Waals surface area contributed by atoms with Crippen LogP contribution in [0, 0.1) is 31.6 Å². The maximum atomic E-state index is 14.2. The Hall–Kier alpha value is -2.32. The van der Waals surface area contributed by atoms with Gasteiger partial charge in [-0.05, 0) is 63.6 Å². The molecule has 5 heteroatoms. The van der Waals surface area contributed by atoms with Gasteiger partial charge in [-0.3, -0.25) is 9.59 Å². The maximum Gasteiger partial charge on any atom is 0.310 e. The number of carboxylic acids is 1. The summed E-state index contributed by atoms with van der Waals surface area (Å²) in [5.41, 5.74) is 2.66. The minimum absolute atomic E-state index is 0.0213. The van der Waals surface area contributed by atoms with E-state index in [2.05, 4.69) is 0 Å². The number of hydrogen-bond acceptors (Lipinski definition) is 3. The molecule has 1 aliphatic carbocycles. The van der Waals surface area contributed by atoms with Crippen molar-refractivity contribution in [2.45, 2.75) is 66.2 Å². The lowest BCUT2D eigenvalue weighted by Crippen LogP contribution is -2.53. The molecule has 0 aromatic heterocycles. The lowest BCUT2D eigenvalue weighted by molar-refractivity contribution is -0.156. The molecule has 2 aromatic rings. The zero-order chi connectivity index (χ0) is 23.2. The summed E-state index contributed by atoms with van der Waals surface area (Å²) in [7, 11) is 1.17. The molecule has 1 saturated carbocycles. The number of Topliss-reactive ketones (excluding diaryl/α,β-unsaturated/α-hetero) is 1. The molecular weight excluding hydrogens is 407 g/mol. The SMILES string of the molecule is Cc1cc(C)c(C(=O)C2(C(C)(Cc3ccccc3)C(=O)O)CCCCC2)c(C)c1.O=[PH2+]. The van der Waals surface area contributed by atoms with Crippen molar-refractivity contribution < 1.29 is 19.3 Å². The third kappa shape index (κ3) is 4.80. The lowest BCUT2D eigenvalue weighted by atomic mass is 9.52. The number of ketones is 1. The van der Waals surface area contributed by atoms with E-state index in [1.54, 1.807) is 6.92 Å². The normalized spacial score (nSPS) is 17.0. The average molecular weight is 442 g/mol. The molecule has 0 bridgehead atoms. The molecule has 1 N–H and O–H groups in total. The monoisotopic (exact) mass is 441 g/mol. The molecule has 0 spiro atoms. The third-order valence-electron chi connectivity index (χ3n) is 6.97. The molecular formula is C26H34O4P+. The number of aliphatic carboxylic acids is 1. The highest BCUT2D eigenvalue weighted by molar-refractivity contribution is 7.00. The van der Waals surface area contributed by atoms with Gasteiger partial charge in [-0.1, -0.05) is 71.9 Å². The molecule has 1 fully saturated rings. The van der Waals surface area contributed by atoms with Crippen LogP contribution in [0.3, 0.4) is 0 Å². The van der Waals surface area contributed by atoms with Gasteiger partial charge < -0.3 is 5.11 Å². The lowest BCUT2D eigenvalue weighted by Gasteiger charge is -2.48. The van der Waals surface area contributed by atoms with Crippen LogP contribution in [-0.2, 0) is 15.8 Å². The molecule has 4 nitrogen and oxygen atoms in total. The van der Waals surface area contributed by atoms with Crippen LogP contribution in [0.2, 0.25) is 0 Å². The van der Waals surface area contributed by atoms with Crippen molar-refractivity contribution in [1.82, 2.24) is 0 Å². The van der Waals surface area contributed by atoms with Gasteiger partial charge in [0, 0.05) is 11.0 Å².